The number of rotatable bonds is 4. The summed E-state index contributed by atoms with van der Waals surface area (Å²) in [6.45, 7) is 2.16. The van der Waals surface area contributed by atoms with Gasteiger partial charge < -0.3 is 10.8 Å². The number of aryl methyl sites for hydroxylation is 1. The zero-order chi connectivity index (χ0) is 13.8. The number of aliphatic hydroxyl groups excluding tert-OH is 1. The van der Waals surface area contributed by atoms with Crippen molar-refractivity contribution in [3.8, 4) is 0 Å². The fourth-order valence-corrected chi connectivity index (χ4v) is 2.35. The molecule has 0 saturated carbocycles. The van der Waals surface area contributed by atoms with Crippen molar-refractivity contribution in [2.75, 3.05) is 6.54 Å². The molecule has 2 atom stereocenters. The Hall–Kier alpha value is -1.71. The molecule has 0 saturated heterocycles. The van der Waals surface area contributed by atoms with E-state index in [1.807, 2.05) is 31.2 Å². The first-order chi connectivity index (χ1) is 9.13. The maximum absolute atomic E-state index is 13.0. The molecule has 0 aromatic heterocycles. The van der Waals surface area contributed by atoms with E-state index in [4.69, 9.17) is 5.73 Å². The Balaban J connectivity index is 2.48. The predicted molar refractivity (Wildman–Crippen MR) is 74.5 cm³/mol. The highest BCUT2D eigenvalue weighted by Gasteiger charge is 2.23. The summed E-state index contributed by atoms with van der Waals surface area (Å²) in [5.74, 6) is -0.513. The minimum atomic E-state index is -0.688. The molecule has 0 aliphatic heterocycles. The van der Waals surface area contributed by atoms with Crippen molar-refractivity contribution < 1.29 is 9.50 Å². The third kappa shape index (κ3) is 3.00. The molecule has 2 aromatic carbocycles. The van der Waals surface area contributed by atoms with Gasteiger partial charge in [-0.05, 0) is 35.7 Å². The van der Waals surface area contributed by atoms with Gasteiger partial charge in [0.25, 0.3) is 0 Å². The summed E-state index contributed by atoms with van der Waals surface area (Å²) in [4.78, 5) is 0. The maximum Gasteiger partial charge on any atom is 0.123 e. The summed E-state index contributed by atoms with van der Waals surface area (Å²) in [6, 6.07) is 14.1. The Kier molecular flexibility index (Phi) is 4.30. The highest BCUT2D eigenvalue weighted by molar-refractivity contribution is 5.38. The van der Waals surface area contributed by atoms with Crippen LogP contribution in [0.1, 0.15) is 22.6 Å². The Morgan fingerprint density at radius 2 is 1.74 bits per heavy atom. The monoisotopic (exact) mass is 259 g/mol. The summed E-state index contributed by atoms with van der Waals surface area (Å²) >= 11 is 0. The molecule has 3 heteroatoms. The first kappa shape index (κ1) is 13.7. The lowest BCUT2D eigenvalue weighted by atomic mass is 9.84. The van der Waals surface area contributed by atoms with Gasteiger partial charge in [0.1, 0.15) is 5.82 Å². The van der Waals surface area contributed by atoms with Crippen molar-refractivity contribution in [2.45, 2.75) is 18.9 Å². The van der Waals surface area contributed by atoms with E-state index in [9.17, 15) is 9.50 Å². The normalized spacial score (nSPS) is 14.1. The molecule has 2 rings (SSSR count). The van der Waals surface area contributed by atoms with E-state index in [-0.39, 0.29) is 18.3 Å². The third-order valence-electron chi connectivity index (χ3n) is 3.38. The molecule has 2 aromatic rings. The van der Waals surface area contributed by atoms with Gasteiger partial charge >= 0.3 is 0 Å². The molecular formula is C16H18FNO. The van der Waals surface area contributed by atoms with Crippen LogP contribution in [0.5, 0.6) is 0 Å². The van der Waals surface area contributed by atoms with Crippen molar-refractivity contribution in [3.63, 3.8) is 0 Å². The molecule has 0 spiro atoms. The minimum absolute atomic E-state index is 0.163. The average molecular weight is 259 g/mol. The van der Waals surface area contributed by atoms with Crippen LogP contribution in [0.2, 0.25) is 0 Å². The van der Waals surface area contributed by atoms with Crippen molar-refractivity contribution in [3.05, 3.63) is 71.0 Å². The number of hydrogen-bond acceptors (Lipinski definition) is 2. The quantitative estimate of drug-likeness (QED) is 0.886. The van der Waals surface area contributed by atoms with Crippen LogP contribution in [-0.2, 0) is 0 Å². The summed E-state index contributed by atoms with van der Waals surface area (Å²) in [7, 11) is 0. The molecule has 0 radical (unpaired) electrons. The molecule has 0 aliphatic carbocycles. The lowest BCUT2D eigenvalue weighted by Gasteiger charge is -2.24. The third-order valence-corrected chi connectivity index (χ3v) is 3.38. The predicted octanol–water partition coefficient (Wildman–Crippen LogP) is 2.59. The van der Waals surface area contributed by atoms with Gasteiger partial charge in [-0.25, -0.2) is 4.39 Å². The van der Waals surface area contributed by atoms with Crippen LogP contribution < -0.4 is 5.73 Å². The second-order valence-electron chi connectivity index (χ2n) is 4.69. The summed E-state index contributed by atoms with van der Waals surface area (Å²) in [5.41, 5.74) is 8.58. The van der Waals surface area contributed by atoms with Crippen molar-refractivity contribution in [1.29, 1.82) is 0 Å². The van der Waals surface area contributed by atoms with Crippen LogP contribution in [0, 0.1) is 12.7 Å². The van der Waals surface area contributed by atoms with Gasteiger partial charge in [-0.3, -0.25) is 0 Å². The molecule has 0 amide bonds. The van der Waals surface area contributed by atoms with E-state index in [2.05, 4.69) is 0 Å². The molecular weight excluding hydrogens is 241 g/mol. The number of halogens is 1. The lowest BCUT2D eigenvalue weighted by Crippen LogP contribution is -2.28. The van der Waals surface area contributed by atoms with E-state index in [0.717, 1.165) is 16.7 Å². The second-order valence-corrected chi connectivity index (χ2v) is 4.69. The number of aliphatic hydroxyl groups is 1. The molecule has 0 bridgehead atoms. The first-order valence-corrected chi connectivity index (χ1v) is 6.32. The number of nitrogens with two attached hydrogens (primary N) is 1. The van der Waals surface area contributed by atoms with Crippen LogP contribution >= 0.6 is 0 Å². The standard InChI is InChI=1S/C16H18FNO/c1-11-4-2-3-5-14(11)16(15(19)10-18)12-6-8-13(17)9-7-12/h2-9,15-16,19H,10,18H2,1H3. The van der Waals surface area contributed by atoms with Crippen molar-refractivity contribution in [1.82, 2.24) is 0 Å². The molecule has 2 nitrogen and oxygen atoms in total. The molecule has 19 heavy (non-hydrogen) atoms. The number of hydrogen-bond donors (Lipinski definition) is 2. The largest absolute Gasteiger partial charge is 0.391 e. The van der Waals surface area contributed by atoms with Crippen LogP contribution in [0.3, 0.4) is 0 Å². The summed E-state index contributed by atoms with van der Waals surface area (Å²) in [5, 5.41) is 10.2. The van der Waals surface area contributed by atoms with E-state index >= 15 is 0 Å². The second kappa shape index (κ2) is 5.95. The Bertz CT molecular complexity index is 539. The topological polar surface area (TPSA) is 46.2 Å². The SMILES string of the molecule is Cc1ccccc1C(c1ccc(F)cc1)C(O)CN. The molecule has 2 unspecified atom stereocenters. The van der Waals surface area contributed by atoms with E-state index in [1.165, 1.54) is 12.1 Å². The van der Waals surface area contributed by atoms with Gasteiger partial charge in [0.15, 0.2) is 0 Å². The number of benzene rings is 2. The molecule has 3 N–H and O–H groups in total. The highest BCUT2D eigenvalue weighted by atomic mass is 19.1. The van der Waals surface area contributed by atoms with E-state index < -0.39 is 6.10 Å². The first-order valence-electron chi connectivity index (χ1n) is 6.32. The highest BCUT2D eigenvalue weighted by Crippen LogP contribution is 2.30. The summed E-state index contributed by atoms with van der Waals surface area (Å²) in [6.07, 6.45) is -0.688. The van der Waals surface area contributed by atoms with Gasteiger partial charge in [0.05, 0.1) is 6.10 Å². The average Bonchev–Trinajstić information content (AvgIpc) is 2.43. The van der Waals surface area contributed by atoms with Crippen LogP contribution in [0.4, 0.5) is 4.39 Å². The van der Waals surface area contributed by atoms with Gasteiger partial charge in [-0.15, -0.1) is 0 Å². The van der Waals surface area contributed by atoms with E-state index in [0.29, 0.717) is 0 Å². The van der Waals surface area contributed by atoms with Crippen molar-refractivity contribution >= 4 is 0 Å². The molecule has 0 aliphatic rings. The van der Waals surface area contributed by atoms with Gasteiger partial charge in [-0.2, -0.15) is 0 Å². The molecule has 0 fully saturated rings. The Labute approximate surface area is 112 Å². The molecule has 0 heterocycles. The lowest BCUT2D eigenvalue weighted by molar-refractivity contribution is 0.164. The van der Waals surface area contributed by atoms with E-state index in [1.54, 1.807) is 12.1 Å². The minimum Gasteiger partial charge on any atom is -0.391 e. The fraction of sp³-hybridized carbons (Fsp3) is 0.250. The van der Waals surface area contributed by atoms with Crippen LogP contribution in [-0.4, -0.2) is 17.8 Å². The van der Waals surface area contributed by atoms with Crippen LogP contribution in [0.25, 0.3) is 0 Å². The zero-order valence-corrected chi connectivity index (χ0v) is 10.9. The van der Waals surface area contributed by atoms with Gasteiger partial charge in [0.2, 0.25) is 0 Å². The smallest absolute Gasteiger partial charge is 0.123 e. The van der Waals surface area contributed by atoms with Gasteiger partial charge in [0, 0.05) is 12.5 Å². The van der Waals surface area contributed by atoms with Gasteiger partial charge in [-0.1, -0.05) is 36.4 Å². The Morgan fingerprint density at radius 1 is 1.11 bits per heavy atom. The van der Waals surface area contributed by atoms with Crippen molar-refractivity contribution in [2.24, 2.45) is 5.73 Å². The van der Waals surface area contributed by atoms with Crippen LogP contribution in [0.15, 0.2) is 48.5 Å². The Morgan fingerprint density at radius 3 is 2.32 bits per heavy atom. The maximum atomic E-state index is 13.0. The summed E-state index contributed by atoms with van der Waals surface area (Å²) < 4.78 is 13.0. The molecule has 100 valence electrons. The zero-order valence-electron chi connectivity index (χ0n) is 10.9. The fourth-order valence-electron chi connectivity index (χ4n) is 2.35.